The first-order valence-corrected chi connectivity index (χ1v) is 23.6. The number of piperazine rings is 1. The van der Waals surface area contributed by atoms with Crippen LogP contribution >= 0.6 is 23.2 Å². The van der Waals surface area contributed by atoms with E-state index in [4.69, 9.17) is 38.4 Å². The third-order valence-corrected chi connectivity index (χ3v) is 14.8. The summed E-state index contributed by atoms with van der Waals surface area (Å²) < 4.78 is 70.7. The number of nitro benzene ring substituents is 1. The van der Waals surface area contributed by atoms with Crippen molar-refractivity contribution >= 4 is 61.9 Å². The molecule has 3 heterocycles. The van der Waals surface area contributed by atoms with E-state index in [2.05, 4.69) is 46.1 Å². The fraction of sp³-hybridized carbons (Fsp3) is 0.435. The van der Waals surface area contributed by atoms with Gasteiger partial charge >= 0.3 is 5.69 Å². The number of nitrogens with zero attached hydrogens (tertiary/aromatic N) is 4. The lowest BCUT2D eigenvalue weighted by atomic mass is 9.68. The molecule has 65 heavy (non-hydrogen) atoms. The Morgan fingerprint density at radius 3 is 2.38 bits per heavy atom. The lowest BCUT2D eigenvalue weighted by molar-refractivity contribution is -0.386. The number of anilines is 2. The molecule has 0 bridgehead atoms. The van der Waals surface area contributed by atoms with E-state index in [1.165, 1.54) is 35.0 Å². The Hall–Kier alpha value is -5.07. The molecule has 0 saturated carbocycles. The molecule has 2 fully saturated rings. The maximum Gasteiger partial charge on any atom is 0.312 e. The number of nitrogens with one attached hydrogen (secondary N) is 2. The number of nitrogens with two attached hydrogens (primary N) is 1. The summed E-state index contributed by atoms with van der Waals surface area (Å²) in [7, 11) is -4.74. The lowest BCUT2D eigenvalue weighted by Gasteiger charge is -2.44. The Morgan fingerprint density at radius 1 is 1.02 bits per heavy atom. The van der Waals surface area contributed by atoms with Crippen molar-refractivity contribution < 1.29 is 36.4 Å². The van der Waals surface area contributed by atoms with Crippen molar-refractivity contribution in [2.24, 2.45) is 10.8 Å². The summed E-state index contributed by atoms with van der Waals surface area (Å²) in [5.41, 5.74) is 6.24. The average Bonchev–Trinajstić information content (AvgIpc) is 3.28. The number of pyridine rings is 1. The quantitative estimate of drug-likeness (QED) is 0.0761. The summed E-state index contributed by atoms with van der Waals surface area (Å²) >= 11 is 12.5. The number of hydrogen-bond acceptors (Lipinski definition) is 12. The topological polar surface area (TPSA) is 182 Å². The van der Waals surface area contributed by atoms with Gasteiger partial charge < -0.3 is 25.4 Å². The van der Waals surface area contributed by atoms with E-state index in [9.17, 15) is 27.7 Å². The van der Waals surface area contributed by atoms with Crippen molar-refractivity contribution in [1.82, 2.24) is 19.9 Å². The van der Waals surface area contributed by atoms with Crippen LogP contribution in [0.2, 0.25) is 10.0 Å². The summed E-state index contributed by atoms with van der Waals surface area (Å²) in [4.78, 5) is 33.3. The van der Waals surface area contributed by atoms with Crippen molar-refractivity contribution in [3.63, 3.8) is 0 Å². The second-order valence-corrected chi connectivity index (χ2v) is 20.5. The predicted molar refractivity (Wildman–Crippen MR) is 248 cm³/mol. The second-order valence-electron chi connectivity index (χ2n) is 18.0. The zero-order valence-corrected chi connectivity index (χ0v) is 38.8. The molecular formula is C46H53Cl2F2N7O7S. The van der Waals surface area contributed by atoms with Crippen molar-refractivity contribution in [2.45, 2.75) is 63.4 Å². The Morgan fingerprint density at radius 2 is 1.72 bits per heavy atom. The first-order valence-electron chi connectivity index (χ1n) is 21.4. The zero-order chi connectivity index (χ0) is 46.7. The molecule has 1 aromatic heterocycles. The number of halogens is 4. The highest BCUT2D eigenvalue weighted by Gasteiger charge is 2.50. The van der Waals surface area contributed by atoms with Crippen LogP contribution in [0.4, 0.5) is 26.0 Å². The molecule has 4 N–H and O–H groups in total. The van der Waals surface area contributed by atoms with Gasteiger partial charge in [0.25, 0.3) is 15.9 Å². The van der Waals surface area contributed by atoms with E-state index < -0.39 is 49.2 Å². The standard InChI is InChI=1S/C46H53Cl2F2N7O7S/c1-44(2)13-12-31(37(25-44)30-4-6-32(47)7-5-30)27-55-18-20-56(21-19-55)33-8-10-36(41(22-33)64-34-23-38(48)42(51)53-26-34)43(58)54-65(61,62)35-9-11-40(39(24-35)57(59)60)63-29-46(45(3,50)28-49)14-16-52-17-15-46/h4-11,22-24,26,52H,12-21,25,27-29H2,1-3H3,(H2,51,53)(H,54,58). The molecule has 7 rings (SSSR count). The van der Waals surface area contributed by atoms with Gasteiger partial charge in [0, 0.05) is 67.0 Å². The predicted octanol–water partition coefficient (Wildman–Crippen LogP) is 9.02. The smallest absolute Gasteiger partial charge is 0.312 e. The number of carbonyl (C=O) groups is 1. The van der Waals surface area contributed by atoms with Crippen molar-refractivity contribution in [2.75, 3.05) is 69.7 Å². The van der Waals surface area contributed by atoms with Crippen molar-refractivity contribution in [3.05, 3.63) is 110 Å². The van der Waals surface area contributed by atoms with Crippen LogP contribution in [0.5, 0.6) is 17.2 Å². The van der Waals surface area contributed by atoms with Crippen molar-refractivity contribution in [1.29, 1.82) is 0 Å². The number of nitro groups is 1. The number of ether oxygens (including phenoxy) is 2. The molecule has 2 aliphatic heterocycles. The SMILES string of the molecule is CC1(C)CCC(CN2CCN(c3ccc(C(=O)NS(=O)(=O)c4ccc(OCC5(C(C)(F)CF)CCNCC5)c([N+](=O)[O-])c4)c(Oc4cnc(N)c(Cl)c4)c3)CC2)=C(c2ccc(Cl)cc2)C1. The highest BCUT2D eigenvalue weighted by Crippen LogP contribution is 2.45. The van der Waals surface area contributed by atoms with Gasteiger partial charge in [0.1, 0.15) is 29.7 Å². The number of amides is 1. The molecule has 1 amide bonds. The molecule has 14 nitrogen and oxygen atoms in total. The fourth-order valence-electron chi connectivity index (χ4n) is 8.74. The lowest BCUT2D eigenvalue weighted by Crippen LogP contribution is -2.53. The van der Waals surface area contributed by atoms with E-state index >= 15 is 4.39 Å². The summed E-state index contributed by atoms with van der Waals surface area (Å²) in [6.45, 7) is 8.54. The number of sulfonamides is 1. The van der Waals surface area contributed by atoms with Crippen LogP contribution < -0.4 is 30.1 Å². The minimum absolute atomic E-state index is 0.0161. The van der Waals surface area contributed by atoms with Crippen LogP contribution in [-0.2, 0) is 10.0 Å². The minimum atomic E-state index is -4.74. The number of carbonyl (C=O) groups excluding carboxylic acids is 1. The molecule has 3 aromatic carbocycles. The van der Waals surface area contributed by atoms with Crippen LogP contribution in [-0.4, -0.2) is 93.9 Å². The minimum Gasteiger partial charge on any atom is -0.486 e. The fourth-order valence-corrected chi connectivity index (χ4v) is 10.0. The Bertz CT molecular complexity index is 2570. The number of rotatable bonds is 15. The Labute approximate surface area is 387 Å². The molecular weight excluding hydrogens is 904 g/mol. The molecule has 0 radical (unpaired) electrons. The maximum absolute atomic E-state index is 15.5. The summed E-state index contributed by atoms with van der Waals surface area (Å²) in [5.74, 6) is -1.26. The number of piperidine rings is 1. The largest absolute Gasteiger partial charge is 0.486 e. The highest BCUT2D eigenvalue weighted by atomic mass is 35.5. The van der Waals surface area contributed by atoms with Gasteiger partial charge in [-0.05, 0) is 105 Å². The van der Waals surface area contributed by atoms with Gasteiger partial charge in [0.05, 0.1) is 33.2 Å². The zero-order valence-electron chi connectivity index (χ0n) is 36.5. The highest BCUT2D eigenvalue weighted by molar-refractivity contribution is 7.90. The summed E-state index contributed by atoms with van der Waals surface area (Å²) in [5, 5.41) is 16.1. The van der Waals surface area contributed by atoms with E-state index in [1.54, 1.807) is 12.1 Å². The molecule has 19 heteroatoms. The first kappa shape index (κ1) is 47.9. The van der Waals surface area contributed by atoms with Gasteiger partial charge in [-0.15, -0.1) is 0 Å². The van der Waals surface area contributed by atoms with Gasteiger partial charge in [-0.1, -0.05) is 54.8 Å². The summed E-state index contributed by atoms with van der Waals surface area (Å²) in [6.07, 6.45) is 4.83. The molecule has 1 aliphatic carbocycles. The van der Waals surface area contributed by atoms with E-state index in [0.717, 1.165) is 64.0 Å². The number of nitrogen functional groups attached to an aromatic ring is 1. The number of benzene rings is 3. The van der Waals surface area contributed by atoms with Gasteiger partial charge in [-0.2, -0.15) is 0 Å². The van der Waals surface area contributed by atoms with Crippen LogP contribution in [0, 0.1) is 20.9 Å². The molecule has 4 aromatic rings. The molecule has 2 saturated heterocycles. The summed E-state index contributed by atoms with van der Waals surface area (Å²) in [6, 6.07) is 17.1. The Balaban J connectivity index is 1.09. The molecule has 348 valence electrons. The molecule has 1 atom stereocenters. The third-order valence-electron chi connectivity index (χ3n) is 12.9. The second kappa shape index (κ2) is 19.4. The molecule has 0 spiro atoms. The normalized spacial score (nSPS) is 18.7. The number of allylic oxidation sites excluding steroid dienone is 1. The van der Waals surface area contributed by atoms with Crippen LogP contribution in [0.1, 0.15) is 68.8 Å². The van der Waals surface area contributed by atoms with E-state index in [-0.39, 0.29) is 58.5 Å². The van der Waals surface area contributed by atoms with E-state index in [1.807, 2.05) is 16.9 Å². The van der Waals surface area contributed by atoms with Crippen LogP contribution in [0.25, 0.3) is 5.57 Å². The third kappa shape index (κ3) is 11.0. The van der Waals surface area contributed by atoms with Gasteiger partial charge in [0.15, 0.2) is 5.75 Å². The number of alkyl halides is 2. The first-order chi connectivity index (χ1) is 30.8. The molecule has 3 aliphatic rings. The monoisotopic (exact) mass is 955 g/mol. The average molecular weight is 957 g/mol. The number of aromatic nitrogens is 1. The molecule has 1 unspecified atom stereocenters. The number of hydrogen-bond donors (Lipinski definition) is 3. The van der Waals surface area contributed by atoms with Crippen molar-refractivity contribution in [3.8, 4) is 17.2 Å². The van der Waals surface area contributed by atoms with E-state index in [0.29, 0.717) is 36.9 Å². The Kier molecular flexibility index (Phi) is 14.3. The van der Waals surface area contributed by atoms with Crippen LogP contribution in [0.15, 0.2) is 83.4 Å². The van der Waals surface area contributed by atoms with Crippen LogP contribution in [0.3, 0.4) is 0 Å². The van der Waals surface area contributed by atoms with Gasteiger partial charge in [-0.3, -0.25) is 19.8 Å². The van der Waals surface area contributed by atoms with Gasteiger partial charge in [-0.25, -0.2) is 26.9 Å². The maximum atomic E-state index is 15.5. The van der Waals surface area contributed by atoms with Gasteiger partial charge in [0.2, 0.25) is 0 Å².